The van der Waals surface area contributed by atoms with Crippen LogP contribution in [0.4, 0.5) is 14.9 Å². The Morgan fingerprint density at radius 2 is 1.69 bits per heavy atom. The Labute approximate surface area is 153 Å². The lowest BCUT2D eigenvalue weighted by Crippen LogP contribution is -2.12. The molecule has 0 aromatic heterocycles. The van der Waals surface area contributed by atoms with Crippen LogP contribution in [0.5, 0.6) is 0 Å². The standard InChI is InChI=1S/C21H23FN2O2/c1-15(24-26-21(25)23-20-13-11-19(22)12-14-20)16-7-9-18(10-8-16)17-5-3-2-4-6-17/h7-14,17H,2-6H2,1H3,(H,23,25). The first-order valence-electron chi connectivity index (χ1n) is 9.00. The molecule has 1 aliphatic rings. The van der Waals surface area contributed by atoms with E-state index in [9.17, 15) is 9.18 Å². The minimum atomic E-state index is -0.713. The highest BCUT2D eigenvalue weighted by Crippen LogP contribution is 2.32. The summed E-state index contributed by atoms with van der Waals surface area (Å²) in [6, 6.07) is 13.8. The second-order valence-electron chi connectivity index (χ2n) is 6.64. The van der Waals surface area contributed by atoms with Crippen molar-refractivity contribution in [1.29, 1.82) is 0 Å². The highest BCUT2D eigenvalue weighted by molar-refractivity contribution is 5.99. The average molecular weight is 354 g/mol. The van der Waals surface area contributed by atoms with Crippen molar-refractivity contribution in [2.45, 2.75) is 44.9 Å². The van der Waals surface area contributed by atoms with E-state index < -0.39 is 6.09 Å². The third-order valence-corrected chi connectivity index (χ3v) is 4.76. The molecule has 0 spiro atoms. The van der Waals surface area contributed by atoms with Gasteiger partial charge in [0.05, 0.1) is 5.71 Å². The second kappa shape index (κ2) is 8.61. The third kappa shape index (κ3) is 4.91. The van der Waals surface area contributed by atoms with E-state index in [0.717, 1.165) is 5.56 Å². The van der Waals surface area contributed by atoms with Gasteiger partial charge in [-0.15, -0.1) is 0 Å². The number of hydrogen-bond acceptors (Lipinski definition) is 3. The van der Waals surface area contributed by atoms with Gasteiger partial charge in [0.15, 0.2) is 0 Å². The number of anilines is 1. The first kappa shape index (κ1) is 18.1. The molecular weight excluding hydrogens is 331 g/mol. The van der Waals surface area contributed by atoms with E-state index in [0.29, 0.717) is 17.3 Å². The average Bonchev–Trinajstić information content (AvgIpc) is 2.69. The molecule has 3 rings (SSSR count). The van der Waals surface area contributed by atoms with Crippen molar-refractivity contribution < 1.29 is 14.0 Å². The van der Waals surface area contributed by atoms with Crippen LogP contribution >= 0.6 is 0 Å². The number of oxime groups is 1. The molecule has 4 nitrogen and oxygen atoms in total. The van der Waals surface area contributed by atoms with Gasteiger partial charge in [-0.1, -0.05) is 48.7 Å². The van der Waals surface area contributed by atoms with Gasteiger partial charge < -0.3 is 0 Å². The maximum absolute atomic E-state index is 12.8. The number of nitrogens with zero attached hydrogens (tertiary/aromatic N) is 1. The van der Waals surface area contributed by atoms with E-state index in [1.807, 2.05) is 12.1 Å². The lowest BCUT2D eigenvalue weighted by molar-refractivity contribution is 0.166. The van der Waals surface area contributed by atoms with Crippen LogP contribution in [0.2, 0.25) is 0 Å². The molecule has 0 radical (unpaired) electrons. The van der Waals surface area contributed by atoms with E-state index in [2.05, 4.69) is 22.6 Å². The Morgan fingerprint density at radius 1 is 1.04 bits per heavy atom. The van der Waals surface area contributed by atoms with Crippen LogP contribution in [0, 0.1) is 5.82 Å². The molecule has 0 saturated heterocycles. The molecule has 0 bridgehead atoms. The zero-order valence-electron chi connectivity index (χ0n) is 14.9. The predicted molar refractivity (Wildman–Crippen MR) is 101 cm³/mol. The van der Waals surface area contributed by atoms with Crippen LogP contribution in [0.25, 0.3) is 0 Å². The molecule has 0 unspecified atom stereocenters. The normalized spacial score (nSPS) is 15.5. The van der Waals surface area contributed by atoms with Gasteiger partial charge in [-0.25, -0.2) is 9.18 Å². The van der Waals surface area contributed by atoms with Crippen LogP contribution in [-0.2, 0) is 4.84 Å². The number of carbonyl (C=O) groups excluding carboxylic acids is 1. The fraction of sp³-hybridized carbons (Fsp3) is 0.333. The number of nitrogens with one attached hydrogen (secondary N) is 1. The number of rotatable bonds is 4. The highest BCUT2D eigenvalue weighted by Gasteiger charge is 2.15. The summed E-state index contributed by atoms with van der Waals surface area (Å²) >= 11 is 0. The first-order chi connectivity index (χ1) is 12.6. The van der Waals surface area contributed by atoms with Crippen LogP contribution in [0.15, 0.2) is 53.7 Å². The molecule has 1 amide bonds. The molecule has 2 aromatic rings. The molecule has 1 saturated carbocycles. The predicted octanol–water partition coefficient (Wildman–Crippen LogP) is 5.85. The van der Waals surface area contributed by atoms with E-state index in [4.69, 9.17) is 4.84 Å². The van der Waals surface area contributed by atoms with Gasteiger partial charge in [-0.2, -0.15) is 0 Å². The van der Waals surface area contributed by atoms with E-state index in [-0.39, 0.29) is 5.82 Å². The second-order valence-corrected chi connectivity index (χ2v) is 6.64. The topological polar surface area (TPSA) is 50.7 Å². The highest BCUT2D eigenvalue weighted by atomic mass is 19.1. The fourth-order valence-corrected chi connectivity index (χ4v) is 3.27. The van der Waals surface area contributed by atoms with Gasteiger partial charge in [0.1, 0.15) is 5.82 Å². The lowest BCUT2D eigenvalue weighted by atomic mass is 9.84. The van der Waals surface area contributed by atoms with Crippen molar-refractivity contribution in [3.05, 3.63) is 65.5 Å². The van der Waals surface area contributed by atoms with Crippen molar-refractivity contribution in [1.82, 2.24) is 0 Å². The molecule has 1 aliphatic carbocycles. The summed E-state index contributed by atoms with van der Waals surface area (Å²) in [5.41, 5.74) is 3.35. The van der Waals surface area contributed by atoms with E-state index in [1.54, 1.807) is 6.92 Å². The number of benzene rings is 2. The zero-order chi connectivity index (χ0) is 18.4. The molecule has 1 fully saturated rings. The summed E-state index contributed by atoms with van der Waals surface area (Å²) < 4.78 is 12.8. The summed E-state index contributed by atoms with van der Waals surface area (Å²) in [5.74, 6) is 0.294. The lowest BCUT2D eigenvalue weighted by Gasteiger charge is -2.22. The number of halogens is 1. The van der Waals surface area contributed by atoms with Crippen LogP contribution in [-0.4, -0.2) is 11.8 Å². The molecule has 0 atom stereocenters. The Kier molecular flexibility index (Phi) is 6.00. The van der Waals surface area contributed by atoms with Gasteiger partial charge >= 0.3 is 6.09 Å². The minimum Gasteiger partial charge on any atom is -0.298 e. The maximum Gasteiger partial charge on any atom is 0.437 e. The van der Waals surface area contributed by atoms with Gasteiger partial charge in [0.2, 0.25) is 0 Å². The fourth-order valence-electron chi connectivity index (χ4n) is 3.27. The van der Waals surface area contributed by atoms with Crippen LogP contribution < -0.4 is 5.32 Å². The third-order valence-electron chi connectivity index (χ3n) is 4.76. The molecule has 5 heteroatoms. The largest absolute Gasteiger partial charge is 0.437 e. The zero-order valence-corrected chi connectivity index (χ0v) is 14.9. The molecule has 136 valence electrons. The summed E-state index contributed by atoms with van der Waals surface area (Å²) in [5, 5.41) is 6.37. The van der Waals surface area contributed by atoms with Gasteiger partial charge in [0.25, 0.3) is 0 Å². The molecule has 26 heavy (non-hydrogen) atoms. The molecule has 0 heterocycles. The summed E-state index contributed by atoms with van der Waals surface area (Å²) in [6.45, 7) is 1.79. The Balaban J connectivity index is 1.56. The quantitative estimate of drug-likeness (QED) is 0.425. The van der Waals surface area contributed by atoms with Crippen molar-refractivity contribution >= 4 is 17.5 Å². The number of amides is 1. The van der Waals surface area contributed by atoms with Crippen molar-refractivity contribution in [3.63, 3.8) is 0 Å². The van der Waals surface area contributed by atoms with E-state index >= 15 is 0 Å². The van der Waals surface area contributed by atoms with Gasteiger partial charge in [-0.05, 0) is 61.1 Å². The first-order valence-corrected chi connectivity index (χ1v) is 9.00. The monoisotopic (exact) mass is 354 g/mol. The van der Waals surface area contributed by atoms with Crippen molar-refractivity contribution in [2.75, 3.05) is 5.32 Å². The van der Waals surface area contributed by atoms with Crippen molar-refractivity contribution in [3.8, 4) is 0 Å². The molecule has 0 aliphatic heterocycles. The summed E-state index contributed by atoms with van der Waals surface area (Å²) in [7, 11) is 0. The Morgan fingerprint density at radius 3 is 2.35 bits per heavy atom. The summed E-state index contributed by atoms with van der Waals surface area (Å²) in [4.78, 5) is 16.6. The van der Waals surface area contributed by atoms with Gasteiger partial charge in [0, 0.05) is 5.69 Å². The van der Waals surface area contributed by atoms with Gasteiger partial charge in [-0.3, -0.25) is 10.2 Å². The minimum absolute atomic E-state index is 0.366. The maximum atomic E-state index is 12.8. The van der Waals surface area contributed by atoms with Crippen molar-refractivity contribution in [2.24, 2.45) is 5.16 Å². The van der Waals surface area contributed by atoms with Crippen LogP contribution in [0.3, 0.4) is 0 Å². The molecule has 1 N–H and O–H groups in total. The smallest absolute Gasteiger partial charge is 0.298 e. The Bertz CT molecular complexity index is 764. The van der Waals surface area contributed by atoms with E-state index in [1.165, 1.54) is 61.9 Å². The number of carbonyl (C=O) groups is 1. The Hall–Kier alpha value is -2.69. The molecule has 2 aromatic carbocycles. The number of hydrogen-bond donors (Lipinski definition) is 1. The SMILES string of the molecule is CC(=NOC(=O)Nc1ccc(F)cc1)c1ccc(C2CCCCC2)cc1. The molecular formula is C21H23FN2O2. The summed E-state index contributed by atoms with van der Waals surface area (Å²) in [6.07, 6.45) is 5.78. The van der Waals surface area contributed by atoms with Crippen LogP contribution in [0.1, 0.15) is 56.1 Å².